The molecule has 116 valence electrons. The number of fused-ring (bicyclic) bond motifs is 1. The zero-order valence-corrected chi connectivity index (χ0v) is 14.8. The molecule has 1 saturated carbocycles. The first-order chi connectivity index (χ1) is 9.18. The summed E-state index contributed by atoms with van der Waals surface area (Å²) >= 11 is 6.86. The summed E-state index contributed by atoms with van der Waals surface area (Å²) in [5, 5.41) is 0. The van der Waals surface area contributed by atoms with Crippen molar-refractivity contribution in [3.05, 3.63) is 0 Å². The van der Waals surface area contributed by atoms with E-state index in [0.29, 0.717) is 11.3 Å². The molecule has 0 N–H and O–H groups in total. The van der Waals surface area contributed by atoms with Crippen LogP contribution in [0.3, 0.4) is 0 Å². The van der Waals surface area contributed by atoms with Gasteiger partial charge >= 0.3 is 0 Å². The summed E-state index contributed by atoms with van der Waals surface area (Å²) in [4.78, 5) is 5.23. The number of piperidine rings is 1. The normalized spacial score (nSPS) is 52.0. The van der Waals surface area contributed by atoms with Crippen molar-refractivity contribution in [3.8, 4) is 0 Å². The number of halogens is 1. The second-order valence-electron chi connectivity index (χ2n) is 8.64. The Hall–Kier alpha value is 0.210. The van der Waals surface area contributed by atoms with Gasteiger partial charge in [0.15, 0.2) is 0 Å². The van der Waals surface area contributed by atoms with E-state index in [4.69, 9.17) is 11.6 Å². The third-order valence-electron chi connectivity index (χ3n) is 7.16. The number of hydrogen-bond donors (Lipinski definition) is 0. The average Bonchev–Trinajstić information content (AvgIpc) is 2.40. The molecule has 0 aromatic rings. The van der Waals surface area contributed by atoms with Gasteiger partial charge in [0.1, 0.15) is 0 Å². The summed E-state index contributed by atoms with van der Waals surface area (Å²) < 4.78 is 0. The van der Waals surface area contributed by atoms with Gasteiger partial charge in [-0.05, 0) is 64.0 Å². The summed E-state index contributed by atoms with van der Waals surface area (Å²) in [6.45, 7) is 10.9. The Labute approximate surface area is 129 Å². The highest BCUT2D eigenvalue weighted by Crippen LogP contribution is 2.61. The van der Waals surface area contributed by atoms with Crippen LogP contribution in [-0.2, 0) is 0 Å². The van der Waals surface area contributed by atoms with Gasteiger partial charge in [0.05, 0.1) is 5.50 Å². The summed E-state index contributed by atoms with van der Waals surface area (Å²) in [5.74, 6) is 1.52. The molecule has 2 bridgehead atoms. The number of likely N-dealkylation sites (N-methyl/N-ethyl adjacent to an activating group) is 2. The van der Waals surface area contributed by atoms with Crippen molar-refractivity contribution >= 4 is 11.6 Å². The molecule has 1 aliphatic carbocycles. The molecule has 0 radical (unpaired) electrons. The molecule has 0 spiro atoms. The molecule has 3 heteroatoms. The van der Waals surface area contributed by atoms with Gasteiger partial charge in [-0.25, -0.2) is 0 Å². The van der Waals surface area contributed by atoms with Crippen LogP contribution in [0.4, 0.5) is 0 Å². The van der Waals surface area contributed by atoms with Gasteiger partial charge in [-0.2, -0.15) is 0 Å². The number of likely N-dealkylation sites (tertiary alicyclic amines) is 1. The fraction of sp³-hybridized carbons (Fsp3) is 1.00. The van der Waals surface area contributed by atoms with E-state index < -0.39 is 0 Å². The Morgan fingerprint density at radius 3 is 2.30 bits per heavy atom. The molecule has 0 aromatic carbocycles. The summed E-state index contributed by atoms with van der Waals surface area (Å²) in [7, 11) is 4.64. The van der Waals surface area contributed by atoms with E-state index in [1.807, 2.05) is 0 Å². The first kappa shape index (κ1) is 15.1. The molecular weight excluding hydrogens is 268 g/mol. The fourth-order valence-corrected chi connectivity index (χ4v) is 6.38. The van der Waals surface area contributed by atoms with Crippen LogP contribution in [0.15, 0.2) is 0 Å². The van der Waals surface area contributed by atoms with Crippen LogP contribution in [0.1, 0.15) is 53.4 Å². The summed E-state index contributed by atoms with van der Waals surface area (Å²) in [6.07, 6.45) is 5.10. The Morgan fingerprint density at radius 1 is 1.15 bits per heavy atom. The van der Waals surface area contributed by atoms with Gasteiger partial charge < -0.3 is 0 Å². The van der Waals surface area contributed by atoms with Gasteiger partial charge in [0.2, 0.25) is 0 Å². The highest BCUT2D eigenvalue weighted by Gasteiger charge is 2.66. The van der Waals surface area contributed by atoms with Crippen molar-refractivity contribution in [1.29, 1.82) is 0 Å². The minimum Gasteiger partial charge on any atom is -0.298 e. The van der Waals surface area contributed by atoms with E-state index in [0.717, 1.165) is 5.92 Å². The molecule has 3 heterocycles. The molecule has 2 unspecified atom stereocenters. The van der Waals surface area contributed by atoms with Gasteiger partial charge in [-0.15, -0.1) is 11.6 Å². The number of rotatable bonds is 1. The van der Waals surface area contributed by atoms with E-state index in [-0.39, 0.29) is 16.6 Å². The minimum atomic E-state index is 0.214. The van der Waals surface area contributed by atoms with Crippen molar-refractivity contribution < 1.29 is 0 Å². The monoisotopic (exact) mass is 298 g/mol. The number of hydrogen-bond acceptors (Lipinski definition) is 2. The average molecular weight is 299 g/mol. The molecule has 3 aliphatic heterocycles. The Balaban J connectivity index is 2.14. The lowest BCUT2D eigenvalue weighted by Crippen LogP contribution is -2.75. The predicted octanol–water partition coefficient (Wildman–Crippen LogP) is 3.79. The lowest BCUT2D eigenvalue weighted by atomic mass is 9.54. The quantitative estimate of drug-likeness (QED) is 0.537. The van der Waals surface area contributed by atoms with Crippen LogP contribution in [0.25, 0.3) is 0 Å². The zero-order valence-electron chi connectivity index (χ0n) is 14.0. The molecule has 3 atom stereocenters. The van der Waals surface area contributed by atoms with Crippen molar-refractivity contribution in [3.63, 3.8) is 0 Å². The van der Waals surface area contributed by atoms with Gasteiger partial charge in [0.25, 0.3) is 0 Å². The molecular formula is C17H31ClN2. The lowest BCUT2D eigenvalue weighted by Gasteiger charge is -2.66. The molecule has 4 aliphatic rings. The Morgan fingerprint density at radius 2 is 1.75 bits per heavy atom. The van der Waals surface area contributed by atoms with E-state index in [1.54, 1.807) is 0 Å². The summed E-state index contributed by atoms with van der Waals surface area (Å²) in [6, 6.07) is 0. The third-order valence-corrected chi connectivity index (χ3v) is 7.81. The Bertz CT molecular complexity index is 404. The molecule has 4 rings (SSSR count). The topological polar surface area (TPSA) is 6.48 Å². The van der Waals surface area contributed by atoms with Crippen molar-refractivity contribution in [1.82, 2.24) is 9.80 Å². The van der Waals surface area contributed by atoms with Crippen LogP contribution in [-0.4, -0.2) is 47.0 Å². The first-order valence-electron chi connectivity index (χ1n) is 8.26. The molecule has 0 amide bonds. The van der Waals surface area contributed by atoms with Gasteiger partial charge in [-0.3, -0.25) is 9.80 Å². The molecule has 2 nitrogen and oxygen atoms in total. The minimum absolute atomic E-state index is 0.214. The van der Waals surface area contributed by atoms with Crippen LogP contribution >= 0.6 is 11.6 Å². The molecule has 4 fully saturated rings. The van der Waals surface area contributed by atoms with Crippen molar-refractivity contribution in [2.75, 3.05) is 20.6 Å². The number of nitrogens with zero attached hydrogens (tertiary/aromatic N) is 2. The van der Waals surface area contributed by atoms with E-state index in [9.17, 15) is 0 Å². The SMILES string of the molecule is CC[C@@]12CC(C)(C)CN(C)C1(C)[C@H]1C[C@@H](C1)C(Cl)N2C. The van der Waals surface area contributed by atoms with Crippen LogP contribution < -0.4 is 0 Å². The van der Waals surface area contributed by atoms with Gasteiger partial charge in [0, 0.05) is 17.6 Å². The van der Waals surface area contributed by atoms with Gasteiger partial charge in [-0.1, -0.05) is 20.8 Å². The smallest absolute Gasteiger partial charge is 0.0881 e. The van der Waals surface area contributed by atoms with Crippen LogP contribution in [0.2, 0.25) is 0 Å². The maximum Gasteiger partial charge on any atom is 0.0881 e. The third kappa shape index (κ3) is 1.65. The largest absolute Gasteiger partial charge is 0.298 e. The van der Waals surface area contributed by atoms with Crippen LogP contribution in [0.5, 0.6) is 0 Å². The lowest BCUT2D eigenvalue weighted by molar-refractivity contribution is -0.140. The first-order valence-corrected chi connectivity index (χ1v) is 8.70. The van der Waals surface area contributed by atoms with E-state index >= 15 is 0 Å². The highest BCUT2D eigenvalue weighted by atomic mass is 35.5. The maximum absolute atomic E-state index is 6.86. The van der Waals surface area contributed by atoms with Crippen molar-refractivity contribution in [2.45, 2.75) is 70.0 Å². The standard InChI is InChI=1S/C17H31ClN2/c1-7-17-10-15(2,3)11-19(5)16(17,4)13-8-12(9-13)14(18)20(17)6/h12-14H,7-11H2,1-6H3/t12-,13-,14?,16?,17-/m1/s1. The van der Waals surface area contributed by atoms with Crippen molar-refractivity contribution in [2.24, 2.45) is 17.3 Å². The van der Waals surface area contributed by atoms with Crippen LogP contribution in [0, 0.1) is 17.3 Å². The highest BCUT2D eigenvalue weighted by molar-refractivity contribution is 6.20. The van der Waals surface area contributed by atoms with E-state index in [1.165, 1.54) is 32.2 Å². The molecule has 3 saturated heterocycles. The predicted molar refractivity (Wildman–Crippen MR) is 86.1 cm³/mol. The second kappa shape index (κ2) is 4.36. The fourth-order valence-electron chi connectivity index (χ4n) is 5.99. The zero-order chi connectivity index (χ0) is 14.9. The maximum atomic E-state index is 6.86. The van der Waals surface area contributed by atoms with E-state index in [2.05, 4.69) is 51.6 Å². The Kier molecular flexibility index (Phi) is 3.30. The molecule has 20 heavy (non-hydrogen) atoms. The second-order valence-corrected chi connectivity index (χ2v) is 9.09. The summed E-state index contributed by atoms with van der Waals surface area (Å²) in [5.41, 5.74) is 1.07. The number of alkyl halides is 1. The molecule has 0 aromatic heterocycles.